The van der Waals surface area contributed by atoms with Gasteiger partial charge < -0.3 is 21.3 Å². The molecule has 0 aliphatic heterocycles. The van der Waals surface area contributed by atoms with E-state index in [2.05, 4.69) is 43.4 Å². The highest BCUT2D eigenvalue weighted by molar-refractivity contribution is 5.98. The molecule has 0 saturated heterocycles. The third-order valence-corrected chi connectivity index (χ3v) is 11.4. The number of anilines is 2. The second-order valence-corrected chi connectivity index (χ2v) is 14.9. The van der Waals surface area contributed by atoms with Crippen LogP contribution in [0.3, 0.4) is 0 Å². The molecule has 0 radical (unpaired) electrons. The van der Waals surface area contributed by atoms with E-state index < -0.39 is 23.9 Å². The first-order valence-corrected chi connectivity index (χ1v) is 19.8. The Morgan fingerprint density at radius 2 is 0.883 bits per heavy atom. The summed E-state index contributed by atoms with van der Waals surface area (Å²) < 4.78 is 17.2. The largest absolute Gasteiger partial charge is 0.327 e. The number of carbonyl (C=O) groups excluding carboxylic acids is 2. The Hall–Kier alpha value is -7.91. The van der Waals surface area contributed by atoms with E-state index in [1.54, 1.807) is 48.8 Å². The molecule has 0 spiro atoms. The SMILES string of the molecule is Cc1ccccc1-c1ncccc1NC(=O)NC1c2ccccc2-c2c(-c3cccc(-c4ncccc4NC(=O)NC4c5ccccc5-c5ccccc54)c3F)cccc21. The van der Waals surface area contributed by atoms with Gasteiger partial charge in [-0.1, -0.05) is 127 Å². The summed E-state index contributed by atoms with van der Waals surface area (Å²) in [7, 11) is 0. The number of carbonyl (C=O) groups is 2. The van der Waals surface area contributed by atoms with Gasteiger partial charge >= 0.3 is 12.1 Å². The number of aryl methyl sites for hydroxylation is 1. The Morgan fingerprint density at radius 1 is 0.450 bits per heavy atom. The minimum absolute atomic E-state index is 0.235. The molecular formula is C51H37FN6O2. The van der Waals surface area contributed by atoms with Gasteiger partial charge in [-0.25, -0.2) is 14.0 Å². The zero-order valence-electron chi connectivity index (χ0n) is 32.4. The van der Waals surface area contributed by atoms with Crippen LogP contribution >= 0.6 is 0 Å². The molecule has 9 heteroatoms. The molecule has 290 valence electrons. The number of urea groups is 2. The fourth-order valence-corrected chi connectivity index (χ4v) is 8.73. The van der Waals surface area contributed by atoms with Gasteiger partial charge in [-0.05, 0) is 92.9 Å². The first-order chi connectivity index (χ1) is 29.4. The predicted molar refractivity (Wildman–Crippen MR) is 235 cm³/mol. The van der Waals surface area contributed by atoms with Crippen molar-refractivity contribution in [3.05, 3.63) is 204 Å². The first kappa shape index (κ1) is 36.4. The van der Waals surface area contributed by atoms with Crippen molar-refractivity contribution in [2.45, 2.75) is 19.0 Å². The molecule has 4 amide bonds. The van der Waals surface area contributed by atoms with Crippen LogP contribution in [0.15, 0.2) is 170 Å². The van der Waals surface area contributed by atoms with Crippen LogP contribution in [-0.2, 0) is 0 Å². The van der Waals surface area contributed by atoms with Crippen LogP contribution in [0.1, 0.15) is 39.9 Å². The van der Waals surface area contributed by atoms with Gasteiger partial charge in [0.1, 0.15) is 5.82 Å². The van der Waals surface area contributed by atoms with Gasteiger partial charge in [0, 0.05) is 29.1 Å². The molecule has 0 saturated carbocycles. The molecule has 60 heavy (non-hydrogen) atoms. The zero-order chi connectivity index (χ0) is 40.7. The highest BCUT2D eigenvalue weighted by Crippen LogP contribution is 2.49. The number of fused-ring (bicyclic) bond motifs is 6. The standard InChI is InChI=1S/C51H37FN6O2/c1-30-14-2-3-15-31(30)48-42(26-12-28-53-48)55-51(60)58-47-39-21-9-6-18-35(39)44-34(22-10-24-40(44)47)36-23-11-25-41(45(36)52)49-43(27-13-29-54-49)56-50(59)57-46-37-19-7-4-16-32(37)33-17-5-8-20-38(33)46/h2-29,46-47H,1H3,(H2,55,58,60)(H2,56,57,59). The summed E-state index contributed by atoms with van der Waals surface area (Å²) in [4.78, 5) is 36.7. The fourth-order valence-electron chi connectivity index (χ4n) is 8.73. The monoisotopic (exact) mass is 784 g/mol. The number of halogens is 1. The average Bonchev–Trinajstić information content (AvgIpc) is 3.76. The highest BCUT2D eigenvalue weighted by atomic mass is 19.1. The van der Waals surface area contributed by atoms with Crippen molar-refractivity contribution in [3.8, 4) is 55.9 Å². The molecular weight excluding hydrogens is 748 g/mol. The van der Waals surface area contributed by atoms with E-state index >= 15 is 4.39 Å². The Balaban J connectivity index is 0.951. The molecule has 0 fully saturated rings. The summed E-state index contributed by atoms with van der Waals surface area (Å²) in [5.41, 5.74) is 12.8. The number of benzene rings is 6. The predicted octanol–water partition coefficient (Wildman–Crippen LogP) is 11.7. The Morgan fingerprint density at radius 3 is 1.50 bits per heavy atom. The average molecular weight is 785 g/mol. The van der Waals surface area contributed by atoms with Crippen molar-refractivity contribution in [1.82, 2.24) is 20.6 Å². The highest BCUT2D eigenvalue weighted by Gasteiger charge is 2.33. The molecule has 8 aromatic rings. The number of nitrogens with one attached hydrogen (secondary N) is 4. The third kappa shape index (κ3) is 6.33. The number of aromatic nitrogens is 2. The Bertz CT molecular complexity index is 2960. The lowest BCUT2D eigenvalue weighted by Gasteiger charge is -2.19. The van der Waals surface area contributed by atoms with Crippen molar-refractivity contribution < 1.29 is 14.0 Å². The summed E-state index contributed by atoms with van der Waals surface area (Å²) >= 11 is 0. The quantitative estimate of drug-likeness (QED) is 0.129. The minimum Gasteiger partial charge on any atom is -0.327 e. The smallest absolute Gasteiger partial charge is 0.320 e. The molecule has 0 bridgehead atoms. The van der Waals surface area contributed by atoms with E-state index in [1.165, 1.54) is 0 Å². The van der Waals surface area contributed by atoms with Crippen LogP contribution in [0, 0.1) is 12.7 Å². The van der Waals surface area contributed by atoms with Crippen molar-refractivity contribution in [2.75, 3.05) is 10.6 Å². The lowest BCUT2D eigenvalue weighted by Crippen LogP contribution is -2.32. The molecule has 2 aromatic heterocycles. The van der Waals surface area contributed by atoms with Crippen LogP contribution in [-0.4, -0.2) is 22.0 Å². The lowest BCUT2D eigenvalue weighted by atomic mass is 9.92. The summed E-state index contributed by atoms with van der Waals surface area (Å²) in [6.45, 7) is 2.01. The van der Waals surface area contributed by atoms with Crippen LogP contribution < -0.4 is 21.3 Å². The maximum atomic E-state index is 17.2. The topological polar surface area (TPSA) is 108 Å². The summed E-state index contributed by atoms with van der Waals surface area (Å²) in [5, 5.41) is 12.3. The van der Waals surface area contributed by atoms with Gasteiger partial charge in [0.05, 0.1) is 34.8 Å². The van der Waals surface area contributed by atoms with Gasteiger partial charge in [-0.15, -0.1) is 0 Å². The van der Waals surface area contributed by atoms with E-state index in [-0.39, 0.29) is 11.6 Å². The maximum absolute atomic E-state index is 17.2. The molecule has 2 aliphatic carbocycles. The second kappa shape index (κ2) is 15.1. The van der Waals surface area contributed by atoms with Gasteiger partial charge in [-0.3, -0.25) is 9.97 Å². The van der Waals surface area contributed by atoms with Crippen LogP contribution in [0.2, 0.25) is 0 Å². The van der Waals surface area contributed by atoms with Crippen molar-refractivity contribution in [1.29, 1.82) is 0 Å². The van der Waals surface area contributed by atoms with Crippen molar-refractivity contribution in [3.63, 3.8) is 0 Å². The zero-order valence-corrected chi connectivity index (χ0v) is 32.4. The fraction of sp³-hybridized carbons (Fsp3) is 0.0588. The number of amides is 4. The van der Waals surface area contributed by atoms with E-state index in [1.807, 2.05) is 116 Å². The molecule has 1 atom stereocenters. The van der Waals surface area contributed by atoms with Crippen LogP contribution in [0.25, 0.3) is 55.9 Å². The Labute approximate surface area is 346 Å². The summed E-state index contributed by atoms with van der Waals surface area (Å²) in [5.74, 6) is -0.487. The number of pyridine rings is 2. The molecule has 2 heterocycles. The van der Waals surface area contributed by atoms with Gasteiger partial charge in [0.25, 0.3) is 0 Å². The van der Waals surface area contributed by atoms with Crippen molar-refractivity contribution >= 4 is 23.4 Å². The second-order valence-electron chi connectivity index (χ2n) is 14.9. The summed E-state index contributed by atoms with van der Waals surface area (Å²) in [6.07, 6.45) is 3.29. The minimum atomic E-state index is -0.509. The molecule has 4 N–H and O–H groups in total. The van der Waals surface area contributed by atoms with Gasteiger partial charge in [0.2, 0.25) is 0 Å². The molecule has 1 unspecified atom stereocenters. The maximum Gasteiger partial charge on any atom is 0.320 e. The van der Waals surface area contributed by atoms with Crippen LogP contribution in [0.5, 0.6) is 0 Å². The number of hydrogen-bond donors (Lipinski definition) is 4. The molecule has 8 nitrogen and oxygen atoms in total. The van der Waals surface area contributed by atoms with Crippen molar-refractivity contribution in [2.24, 2.45) is 0 Å². The van der Waals surface area contributed by atoms with Gasteiger partial charge in [0.15, 0.2) is 0 Å². The van der Waals surface area contributed by atoms with Gasteiger partial charge in [-0.2, -0.15) is 0 Å². The molecule has 10 rings (SSSR count). The lowest BCUT2D eigenvalue weighted by molar-refractivity contribution is 0.249. The summed E-state index contributed by atoms with van der Waals surface area (Å²) in [6, 6.07) is 48.2. The third-order valence-electron chi connectivity index (χ3n) is 11.4. The number of hydrogen-bond acceptors (Lipinski definition) is 4. The molecule has 2 aliphatic rings. The van der Waals surface area contributed by atoms with E-state index in [9.17, 15) is 9.59 Å². The van der Waals surface area contributed by atoms with E-state index in [0.29, 0.717) is 33.9 Å². The first-order valence-electron chi connectivity index (χ1n) is 19.8. The number of nitrogens with zero attached hydrogens (tertiary/aromatic N) is 2. The normalized spacial score (nSPS) is 13.4. The Kier molecular flexibility index (Phi) is 9.18. The van der Waals surface area contributed by atoms with Crippen LogP contribution in [0.4, 0.5) is 25.4 Å². The van der Waals surface area contributed by atoms with E-state index in [4.69, 9.17) is 0 Å². The number of rotatable bonds is 7. The molecule has 6 aromatic carbocycles. The van der Waals surface area contributed by atoms with E-state index in [0.717, 1.165) is 55.6 Å².